The lowest BCUT2D eigenvalue weighted by atomic mass is 10.2. The molecule has 3 nitrogen and oxygen atoms in total. The zero-order valence-corrected chi connectivity index (χ0v) is 14.9. The third-order valence-corrected chi connectivity index (χ3v) is 8.92. The molecule has 0 aromatic heterocycles. The summed E-state index contributed by atoms with van der Waals surface area (Å²) in [4.78, 5) is 11.8. The zero-order valence-electron chi connectivity index (χ0n) is 13.9. The van der Waals surface area contributed by atoms with Crippen LogP contribution in [-0.4, -0.2) is 20.3 Å². The summed E-state index contributed by atoms with van der Waals surface area (Å²) in [6.07, 6.45) is 1.35. The summed E-state index contributed by atoms with van der Waals surface area (Å²) in [7, 11) is -1.49. The number of rotatable bonds is 4. The van der Waals surface area contributed by atoms with Gasteiger partial charge in [-0.3, -0.25) is 5.32 Å². The first-order chi connectivity index (χ1) is 9.62. The number of carbonyl (C=O) groups excluding carboxylic acids is 1. The Balaban J connectivity index is 2.54. The molecule has 0 aliphatic heterocycles. The molecule has 1 N–H and O–H groups in total. The SMILES string of the molecule is C[C@@H](/C=C\[Si](C)(C)C(C)(C)C)OC(=O)Nc1ccccc1. The van der Waals surface area contributed by atoms with Gasteiger partial charge in [0.15, 0.2) is 0 Å². The van der Waals surface area contributed by atoms with Gasteiger partial charge in [-0.1, -0.05) is 63.8 Å². The fraction of sp³-hybridized carbons (Fsp3) is 0.471. The first kappa shape index (κ1) is 17.5. The Morgan fingerprint density at radius 3 is 2.33 bits per heavy atom. The third-order valence-electron chi connectivity index (χ3n) is 4.03. The van der Waals surface area contributed by atoms with Crippen LogP contribution >= 0.6 is 0 Å². The minimum atomic E-state index is -1.49. The topological polar surface area (TPSA) is 38.3 Å². The molecule has 0 radical (unpaired) electrons. The Labute approximate surface area is 129 Å². The minimum absolute atomic E-state index is 0.233. The van der Waals surface area contributed by atoms with Crippen LogP contribution in [0.15, 0.2) is 42.1 Å². The van der Waals surface area contributed by atoms with E-state index in [1.54, 1.807) is 0 Å². The van der Waals surface area contributed by atoms with Crippen molar-refractivity contribution in [1.82, 2.24) is 0 Å². The van der Waals surface area contributed by atoms with E-state index in [0.29, 0.717) is 0 Å². The zero-order chi connectivity index (χ0) is 16.1. The van der Waals surface area contributed by atoms with Crippen LogP contribution in [0.3, 0.4) is 0 Å². The fourth-order valence-corrected chi connectivity index (χ4v) is 2.76. The number of hydrogen-bond donors (Lipinski definition) is 1. The predicted molar refractivity (Wildman–Crippen MR) is 92.3 cm³/mol. The fourth-order valence-electron chi connectivity index (χ4n) is 1.50. The van der Waals surface area contributed by atoms with Crippen molar-refractivity contribution in [3.63, 3.8) is 0 Å². The Hall–Kier alpha value is -1.55. The number of nitrogens with one attached hydrogen (secondary N) is 1. The van der Waals surface area contributed by atoms with Crippen molar-refractivity contribution in [1.29, 1.82) is 0 Å². The maximum absolute atomic E-state index is 11.8. The Bertz CT molecular complexity index is 489. The van der Waals surface area contributed by atoms with Gasteiger partial charge in [0.1, 0.15) is 6.10 Å². The smallest absolute Gasteiger partial charge is 0.412 e. The third kappa shape index (κ3) is 5.75. The number of benzene rings is 1. The highest BCUT2D eigenvalue weighted by molar-refractivity contribution is 6.84. The van der Waals surface area contributed by atoms with Crippen LogP contribution in [0, 0.1) is 0 Å². The highest BCUT2D eigenvalue weighted by atomic mass is 28.3. The van der Waals surface area contributed by atoms with Crippen molar-refractivity contribution in [2.24, 2.45) is 0 Å². The molecule has 1 aromatic carbocycles. The van der Waals surface area contributed by atoms with Crippen molar-refractivity contribution < 1.29 is 9.53 Å². The van der Waals surface area contributed by atoms with Gasteiger partial charge in [0, 0.05) is 5.69 Å². The molecule has 0 spiro atoms. The highest BCUT2D eigenvalue weighted by Gasteiger charge is 2.32. The molecule has 0 unspecified atom stereocenters. The molecule has 4 heteroatoms. The molecule has 0 aliphatic rings. The van der Waals surface area contributed by atoms with Gasteiger partial charge in [-0.15, -0.1) is 0 Å². The van der Waals surface area contributed by atoms with Crippen molar-refractivity contribution >= 4 is 19.9 Å². The molecule has 0 fully saturated rings. The lowest BCUT2D eigenvalue weighted by Gasteiger charge is -2.34. The molecule has 0 aliphatic carbocycles. The van der Waals surface area contributed by atoms with Gasteiger partial charge in [-0.2, -0.15) is 0 Å². The summed E-state index contributed by atoms with van der Waals surface area (Å²) < 4.78 is 5.35. The van der Waals surface area contributed by atoms with Gasteiger partial charge >= 0.3 is 6.09 Å². The van der Waals surface area contributed by atoms with Crippen LogP contribution in [0.2, 0.25) is 18.1 Å². The van der Waals surface area contributed by atoms with Gasteiger partial charge in [-0.05, 0) is 24.1 Å². The average Bonchev–Trinajstić information content (AvgIpc) is 2.36. The van der Waals surface area contributed by atoms with Gasteiger partial charge in [0.25, 0.3) is 0 Å². The summed E-state index contributed by atoms with van der Waals surface area (Å²) in [6.45, 7) is 13.3. The number of amides is 1. The summed E-state index contributed by atoms with van der Waals surface area (Å²) in [5, 5.41) is 3.00. The van der Waals surface area contributed by atoms with Gasteiger partial charge in [-0.25, -0.2) is 4.79 Å². The monoisotopic (exact) mass is 305 g/mol. The van der Waals surface area contributed by atoms with Crippen LogP contribution in [0.25, 0.3) is 0 Å². The summed E-state index contributed by atoms with van der Waals surface area (Å²) in [5.74, 6) is 0. The van der Waals surface area contributed by atoms with E-state index in [9.17, 15) is 4.79 Å². The molecule has 0 saturated heterocycles. The number of carbonyl (C=O) groups is 1. The molecule has 1 aromatic rings. The van der Waals surface area contributed by atoms with E-state index in [2.05, 4.69) is 44.9 Å². The largest absolute Gasteiger partial charge is 0.442 e. The van der Waals surface area contributed by atoms with Crippen molar-refractivity contribution in [2.75, 3.05) is 5.32 Å². The van der Waals surface area contributed by atoms with E-state index in [4.69, 9.17) is 4.74 Å². The number of ether oxygens (including phenoxy) is 1. The second-order valence-electron chi connectivity index (χ2n) is 6.93. The maximum atomic E-state index is 11.8. The van der Waals surface area contributed by atoms with Crippen molar-refractivity contribution in [2.45, 2.75) is 51.9 Å². The maximum Gasteiger partial charge on any atom is 0.412 e. The van der Waals surface area contributed by atoms with E-state index in [1.165, 1.54) is 0 Å². The molecular formula is C17H27NO2Si. The van der Waals surface area contributed by atoms with Gasteiger partial charge in [0.2, 0.25) is 0 Å². The molecule has 116 valence electrons. The summed E-state index contributed by atoms with van der Waals surface area (Å²) in [6, 6.07) is 9.31. The first-order valence-electron chi connectivity index (χ1n) is 7.34. The molecule has 1 rings (SSSR count). The Kier molecular flexibility index (Phi) is 5.78. The standard InChI is InChI=1S/C17H27NO2Si/c1-14(12-13-21(5,6)17(2,3)4)20-16(19)18-15-10-8-7-9-11-15/h7-14H,1-6H3,(H,18,19)/b13-12-/t14-/m0/s1. The van der Waals surface area contributed by atoms with E-state index < -0.39 is 14.2 Å². The van der Waals surface area contributed by atoms with Crippen molar-refractivity contribution in [3.05, 3.63) is 42.1 Å². The summed E-state index contributed by atoms with van der Waals surface area (Å²) in [5.41, 5.74) is 3.00. The number of hydrogen-bond acceptors (Lipinski definition) is 2. The second-order valence-corrected chi connectivity index (χ2v) is 12.2. The first-order valence-corrected chi connectivity index (χ1v) is 10.4. The minimum Gasteiger partial charge on any atom is -0.442 e. The van der Waals surface area contributed by atoms with E-state index in [-0.39, 0.29) is 11.1 Å². The van der Waals surface area contributed by atoms with Crippen LogP contribution < -0.4 is 5.32 Å². The van der Waals surface area contributed by atoms with Crippen LogP contribution in [0.1, 0.15) is 27.7 Å². The normalized spacial score (nSPS) is 14.0. The lowest BCUT2D eigenvalue weighted by Crippen LogP contribution is -2.35. The summed E-state index contributed by atoms with van der Waals surface area (Å²) >= 11 is 0. The number of para-hydroxylation sites is 1. The van der Waals surface area contributed by atoms with E-state index >= 15 is 0 Å². The molecule has 21 heavy (non-hydrogen) atoms. The molecule has 0 saturated carbocycles. The van der Waals surface area contributed by atoms with Gasteiger partial charge in [0.05, 0.1) is 8.07 Å². The Morgan fingerprint density at radius 2 is 1.81 bits per heavy atom. The Morgan fingerprint density at radius 1 is 1.24 bits per heavy atom. The van der Waals surface area contributed by atoms with E-state index in [0.717, 1.165) is 5.69 Å². The molecule has 0 heterocycles. The number of anilines is 1. The van der Waals surface area contributed by atoms with Crippen LogP contribution in [0.5, 0.6) is 0 Å². The molecule has 1 atom stereocenters. The molecule has 0 bridgehead atoms. The van der Waals surface area contributed by atoms with Crippen LogP contribution in [0.4, 0.5) is 10.5 Å². The predicted octanol–water partition coefficient (Wildman–Crippen LogP) is 5.23. The van der Waals surface area contributed by atoms with Crippen LogP contribution in [-0.2, 0) is 4.74 Å². The van der Waals surface area contributed by atoms with Crippen molar-refractivity contribution in [3.8, 4) is 0 Å². The average molecular weight is 305 g/mol. The quantitative estimate of drug-likeness (QED) is 0.774. The molecular weight excluding hydrogens is 278 g/mol. The van der Waals surface area contributed by atoms with E-state index in [1.807, 2.05) is 43.3 Å². The second kappa shape index (κ2) is 6.94. The molecule has 1 amide bonds. The van der Waals surface area contributed by atoms with Gasteiger partial charge < -0.3 is 4.74 Å². The lowest BCUT2D eigenvalue weighted by molar-refractivity contribution is 0.142. The highest BCUT2D eigenvalue weighted by Crippen LogP contribution is 2.36.